The van der Waals surface area contributed by atoms with Gasteiger partial charge in [-0.15, -0.1) is 24.8 Å². The van der Waals surface area contributed by atoms with Crippen molar-refractivity contribution in [3.63, 3.8) is 0 Å². The number of nitrogens with one attached hydrogen (secondary N) is 2. The Balaban J connectivity index is 0.00000210. The number of nitrogens with zero attached hydrogens (tertiary/aromatic N) is 2. The van der Waals surface area contributed by atoms with Crippen molar-refractivity contribution in [2.75, 3.05) is 46.3 Å². The normalized spacial score (nSPS) is 18.1. The van der Waals surface area contributed by atoms with Crippen molar-refractivity contribution in [3.8, 4) is 0 Å². The number of piperidine rings is 1. The van der Waals surface area contributed by atoms with Crippen LogP contribution >= 0.6 is 24.8 Å². The summed E-state index contributed by atoms with van der Waals surface area (Å²) in [5.41, 5.74) is 2.55. The van der Waals surface area contributed by atoms with Crippen molar-refractivity contribution < 1.29 is 4.79 Å². The summed E-state index contributed by atoms with van der Waals surface area (Å²) in [6.45, 7) is 7.86. The molecule has 5 nitrogen and oxygen atoms in total. The first-order valence-corrected chi connectivity index (χ1v) is 10.7. The number of rotatable bonds is 9. The van der Waals surface area contributed by atoms with Crippen LogP contribution in [0.25, 0.3) is 0 Å². The summed E-state index contributed by atoms with van der Waals surface area (Å²) in [7, 11) is 2.01. The first kappa shape index (κ1) is 26.2. The molecule has 166 valence electrons. The average Bonchev–Trinajstić information content (AvgIpc) is 3.20. The van der Waals surface area contributed by atoms with Gasteiger partial charge in [0.05, 0.1) is 6.54 Å². The second-order valence-electron chi connectivity index (χ2n) is 8.19. The van der Waals surface area contributed by atoms with Gasteiger partial charge in [-0.05, 0) is 88.9 Å². The van der Waals surface area contributed by atoms with E-state index in [1.54, 1.807) is 0 Å². The maximum atomic E-state index is 12.3. The van der Waals surface area contributed by atoms with Gasteiger partial charge < -0.3 is 10.6 Å². The molecule has 2 saturated heterocycles. The Hall–Kier alpha value is -0.850. The molecule has 0 radical (unpaired) electrons. The number of halogens is 2. The third kappa shape index (κ3) is 9.22. The molecule has 0 aromatic heterocycles. The lowest BCUT2D eigenvalue weighted by Gasteiger charge is -2.31. The minimum Gasteiger partial charge on any atom is -0.351 e. The fraction of sp³-hybridized carbons (Fsp3) is 0.682. The first-order chi connectivity index (χ1) is 13.2. The van der Waals surface area contributed by atoms with Gasteiger partial charge in [-0.3, -0.25) is 14.6 Å². The third-order valence-corrected chi connectivity index (χ3v) is 5.99. The van der Waals surface area contributed by atoms with Gasteiger partial charge in [0.1, 0.15) is 0 Å². The van der Waals surface area contributed by atoms with Crippen LogP contribution < -0.4 is 10.6 Å². The summed E-state index contributed by atoms with van der Waals surface area (Å²) in [5.74, 6) is 0.959. The van der Waals surface area contributed by atoms with Crippen LogP contribution in [0.15, 0.2) is 24.3 Å². The number of benzene rings is 1. The van der Waals surface area contributed by atoms with Crippen LogP contribution in [0.3, 0.4) is 0 Å². The van der Waals surface area contributed by atoms with Gasteiger partial charge in [0, 0.05) is 13.1 Å². The predicted octanol–water partition coefficient (Wildman–Crippen LogP) is 3.06. The topological polar surface area (TPSA) is 47.6 Å². The first-order valence-electron chi connectivity index (χ1n) is 10.7. The number of hydrogen-bond donors (Lipinski definition) is 2. The van der Waals surface area contributed by atoms with Crippen LogP contribution in [0.4, 0.5) is 0 Å². The van der Waals surface area contributed by atoms with Gasteiger partial charge in [0.15, 0.2) is 0 Å². The SMILES string of the molecule is CNCCC1CCN(CC(=O)NCc2ccc(CN3CCCC3)cc2)CC1.Cl.Cl. The van der Waals surface area contributed by atoms with E-state index < -0.39 is 0 Å². The standard InChI is InChI=1S/C22H36N4O.2ClH/c1-23-11-8-19-9-14-26(15-10-19)18-22(27)24-16-20-4-6-21(7-5-20)17-25-12-2-3-13-25;;/h4-7,19,23H,2-3,8-18H2,1H3,(H,24,27);2*1H. The van der Waals surface area contributed by atoms with Crippen LogP contribution in [0.5, 0.6) is 0 Å². The largest absolute Gasteiger partial charge is 0.351 e. The van der Waals surface area contributed by atoms with E-state index in [-0.39, 0.29) is 30.7 Å². The lowest BCUT2D eigenvalue weighted by atomic mass is 9.93. The lowest BCUT2D eigenvalue weighted by molar-refractivity contribution is -0.122. The van der Waals surface area contributed by atoms with Gasteiger partial charge in [0.2, 0.25) is 5.91 Å². The maximum Gasteiger partial charge on any atom is 0.234 e. The highest BCUT2D eigenvalue weighted by Gasteiger charge is 2.20. The van der Waals surface area contributed by atoms with Crippen LogP contribution in [0, 0.1) is 5.92 Å². The van der Waals surface area contributed by atoms with Crippen LogP contribution in [0.2, 0.25) is 0 Å². The quantitative estimate of drug-likeness (QED) is 0.614. The molecule has 0 spiro atoms. The van der Waals surface area contributed by atoms with E-state index in [1.807, 2.05) is 7.05 Å². The Bertz CT molecular complexity index is 571. The summed E-state index contributed by atoms with van der Waals surface area (Å²) in [4.78, 5) is 17.1. The van der Waals surface area contributed by atoms with Crippen LogP contribution in [-0.2, 0) is 17.9 Å². The summed E-state index contributed by atoms with van der Waals surface area (Å²) in [5, 5.41) is 6.32. The third-order valence-electron chi connectivity index (χ3n) is 5.99. The van der Waals surface area contributed by atoms with E-state index in [0.717, 1.165) is 32.1 Å². The fourth-order valence-corrected chi connectivity index (χ4v) is 4.20. The molecule has 0 bridgehead atoms. The highest BCUT2D eigenvalue weighted by molar-refractivity contribution is 5.85. The molecule has 1 aromatic rings. The molecule has 2 N–H and O–H groups in total. The van der Waals surface area contributed by atoms with Gasteiger partial charge in [0.25, 0.3) is 0 Å². The van der Waals surface area contributed by atoms with Crippen LogP contribution in [-0.4, -0.2) is 62.0 Å². The van der Waals surface area contributed by atoms with Crippen LogP contribution in [0.1, 0.15) is 43.2 Å². The molecule has 3 rings (SSSR count). The monoisotopic (exact) mass is 444 g/mol. The fourth-order valence-electron chi connectivity index (χ4n) is 4.20. The molecule has 0 atom stereocenters. The number of hydrogen-bond acceptors (Lipinski definition) is 4. The molecule has 0 aliphatic carbocycles. The summed E-state index contributed by atoms with van der Waals surface area (Å²) in [6, 6.07) is 8.71. The molecule has 2 aliphatic rings. The molecule has 2 aliphatic heterocycles. The smallest absolute Gasteiger partial charge is 0.234 e. The predicted molar refractivity (Wildman–Crippen MR) is 125 cm³/mol. The Morgan fingerprint density at radius 3 is 2.21 bits per heavy atom. The Morgan fingerprint density at radius 1 is 0.966 bits per heavy atom. The number of likely N-dealkylation sites (tertiary alicyclic amines) is 2. The highest BCUT2D eigenvalue weighted by atomic mass is 35.5. The van der Waals surface area contributed by atoms with Crippen molar-refractivity contribution in [1.29, 1.82) is 0 Å². The molecule has 0 unspecified atom stereocenters. The summed E-state index contributed by atoms with van der Waals surface area (Å²) < 4.78 is 0. The zero-order valence-electron chi connectivity index (χ0n) is 17.7. The molecule has 1 aromatic carbocycles. The van der Waals surface area contributed by atoms with E-state index >= 15 is 0 Å². The second-order valence-corrected chi connectivity index (χ2v) is 8.19. The van der Waals surface area contributed by atoms with Gasteiger partial charge >= 0.3 is 0 Å². The molecule has 7 heteroatoms. The van der Waals surface area contributed by atoms with Crippen molar-refractivity contribution in [2.24, 2.45) is 5.92 Å². The molecular weight excluding hydrogens is 407 g/mol. The van der Waals surface area contributed by atoms with E-state index in [0.29, 0.717) is 13.1 Å². The van der Waals surface area contributed by atoms with E-state index in [1.165, 1.54) is 56.3 Å². The van der Waals surface area contributed by atoms with E-state index in [9.17, 15) is 4.79 Å². The molecule has 29 heavy (non-hydrogen) atoms. The van der Waals surface area contributed by atoms with E-state index in [2.05, 4.69) is 44.7 Å². The summed E-state index contributed by atoms with van der Waals surface area (Å²) >= 11 is 0. The zero-order chi connectivity index (χ0) is 18.9. The minimum absolute atomic E-state index is 0. The Kier molecular flexibility index (Phi) is 12.8. The van der Waals surface area contributed by atoms with Gasteiger partial charge in [-0.2, -0.15) is 0 Å². The minimum atomic E-state index is 0. The molecule has 1 amide bonds. The number of amides is 1. The zero-order valence-corrected chi connectivity index (χ0v) is 19.3. The second kappa shape index (κ2) is 14.2. The molecule has 0 saturated carbocycles. The summed E-state index contributed by atoms with van der Waals surface area (Å²) in [6.07, 6.45) is 6.35. The van der Waals surface area contributed by atoms with Gasteiger partial charge in [-0.1, -0.05) is 24.3 Å². The molecular formula is C22H38Cl2N4O. The number of carbonyl (C=O) groups is 1. The van der Waals surface area contributed by atoms with Crippen molar-refractivity contribution in [1.82, 2.24) is 20.4 Å². The van der Waals surface area contributed by atoms with Crippen molar-refractivity contribution in [3.05, 3.63) is 35.4 Å². The lowest BCUT2D eigenvalue weighted by Crippen LogP contribution is -2.41. The maximum absolute atomic E-state index is 12.3. The Morgan fingerprint density at radius 2 is 1.59 bits per heavy atom. The van der Waals surface area contributed by atoms with Gasteiger partial charge in [-0.25, -0.2) is 0 Å². The highest BCUT2D eigenvalue weighted by Crippen LogP contribution is 2.19. The molecule has 2 heterocycles. The van der Waals surface area contributed by atoms with Crippen molar-refractivity contribution >= 4 is 30.7 Å². The van der Waals surface area contributed by atoms with E-state index in [4.69, 9.17) is 0 Å². The van der Waals surface area contributed by atoms with Crippen molar-refractivity contribution in [2.45, 2.75) is 45.2 Å². The number of carbonyl (C=O) groups excluding carboxylic acids is 1. The Labute approximate surface area is 188 Å². The molecule has 2 fully saturated rings. The average molecular weight is 445 g/mol.